The van der Waals surface area contributed by atoms with Gasteiger partial charge in [0.15, 0.2) is 5.58 Å². The summed E-state index contributed by atoms with van der Waals surface area (Å²) in [7, 11) is 0. The van der Waals surface area contributed by atoms with Crippen molar-refractivity contribution in [2.75, 3.05) is 5.32 Å². The fourth-order valence-corrected chi connectivity index (χ4v) is 3.86. The van der Waals surface area contributed by atoms with Gasteiger partial charge in [0, 0.05) is 16.8 Å². The van der Waals surface area contributed by atoms with Crippen LogP contribution in [-0.2, 0) is 6.54 Å². The SMILES string of the molecule is O=C(Nc1ccc(-c2nc3ccccc3o2)cc1)c1ccc(Cn2nnc3ccccc32)cc1. The summed E-state index contributed by atoms with van der Waals surface area (Å²) in [6, 6.07) is 30.4. The lowest BCUT2D eigenvalue weighted by Crippen LogP contribution is -2.12. The molecule has 0 bridgehead atoms. The number of fused-ring (bicyclic) bond motifs is 2. The summed E-state index contributed by atoms with van der Waals surface area (Å²) < 4.78 is 7.66. The van der Waals surface area contributed by atoms with Crippen LogP contribution in [0.3, 0.4) is 0 Å². The lowest BCUT2D eigenvalue weighted by Gasteiger charge is -2.07. The van der Waals surface area contributed by atoms with Gasteiger partial charge in [0.2, 0.25) is 5.89 Å². The molecule has 6 aromatic rings. The molecular formula is C27H19N5O2. The number of rotatable bonds is 5. The first-order valence-electron chi connectivity index (χ1n) is 10.9. The minimum absolute atomic E-state index is 0.174. The van der Waals surface area contributed by atoms with E-state index in [0.717, 1.165) is 33.3 Å². The summed E-state index contributed by atoms with van der Waals surface area (Å²) >= 11 is 0. The van der Waals surface area contributed by atoms with Gasteiger partial charge in [-0.1, -0.05) is 41.6 Å². The van der Waals surface area contributed by atoms with E-state index in [1.54, 1.807) is 0 Å². The summed E-state index contributed by atoms with van der Waals surface area (Å²) in [4.78, 5) is 17.2. The first kappa shape index (κ1) is 19.9. The molecule has 0 atom stereocenters. The maximum Gasteiger partial charge on any atom is 0.255 e. The second kappa shape index (κ2) is 8.29. The summed E-state index contributed by atoms with van der Waals surface area (Å²) in [5.41, 5.74) is 6.56. The van der Waals surface area contributed by atoms with Crippen LogP contribution in [0, 0.1) is 0 Å². The van der Waals surface area contributed by atoms with E-state index >= 15 is 0 Å². The molecule has 0 saturated heterocycles. The first-order chi connectivity index (χ1) is 16.7. The smallest absolute Gasteiger partial charge is 0.255 e. The van der Waals surface area contributed by atoms with E-state index in [1.165, 1.54) is 0 Å². The molecule has 0 radical (unpaired) electrons. The van der Waals surface area contributed by atoms with E-state index < -0.39 is 0 Å². The van der Waals surface area contributed by atoms with Crippen molar-refractivity contribution in [1.29, 1.82) is 0 Å². The third-order valence-corrected chi connectivity index (χ3v) is 5.65. The topological polar surface area (TPSA) is 85.8 Å². The van der Waals surface area contributed by atoms with Crippen LogP contribution >= 0.6 is 0 Å². The lowest BCUT2D eigenvalue weighted by atomic mass is 10.1. The van der Waals surface area contributed by atoms with Crippen LogP contribution in [0.2, 0.25) is 0 Å². The number of carbonyl (C=O) groups is 1. The van der Waals surface area contributed by atoms with Crippen LogP contribution in [0.4, 0.5) is 5.69 Å². The number of benzene rings is 4. The number of para-hydroxylation sites is 3. The van der Waals surface area contributed by atoms with Gasteiger partial charge < -0.3 is 9.73 Å². The maximum absolute atomic E-state index is 12.7. The number of hydrogen-bond donors (Lipinski definition) is 1. The van der Waals surface area contributed by atoms with E-state index in [-0.39, 0.29) is 5.91 Å². The number of aromatic nitrogens is 4. The highest BCUT2D eigenvalue weighted by Crippen LogP contribution is 2.25. The highest BCUT2D eigenvalue weighted by Gasteiger charge is 2.10. The third kappa shape index (κ3) is 3.80. The number of anilines is 1. The Labute approximate surface area is 194 Å². The monoisotopic (exact) mass is 445 g/mol. The van der Waals surface area contributed by atoms with Crippen molar-refractivity contribution in [3.8, 4) is 11.5 Å². The number of amides is 1. The van der Waals surface area contributed by atoms with Crippen molar-refractivity contribution >= 4 is 33.7 Å². The van der Waals surface area contributed by atoms with Crippen LogP contribution in [0.15, 0.2) is 101 Å². The van der Waals surface area contributed by atoms with Gasteiger partial charge >= 0.3 is 0 Å². The zero-order chi connectivity index (χ0) is 22.9. The zero-order valence-electron chi connectivity index (χ0n) is 18.1. The van der Waals surface area contributed by atoms with Crippen LogP contribution in [0.1, 0.15) is 15.9 Å². The maximum atomic E-state index is 12.7. The molecule has 2 heterocycles. The Balaban J connectivity index is 1.13. The molecule has 1 N–H and O–H groups in total. The molecule has 0 aliphatic rings. The largest absolute Gasteiger partial charge is 0.436 e. The van der Waals surface area contributed by atoms with Crippen LogP contribution in [0.25, 0.3) is 33.6 Å². The van der Waals surface area contributed by atoms with Gasteiger partial charge in [-0.3, -0.25) is 4.79 Å². The van der Waals surface area contributed by atoms with E-state index in [4.69, 9.17) is 4.42 Å². The van der Waals surface area contributed by atoms with E-state index in [1.807, 2.05) is 102 Å². The predicted octanol–water partition coefficient (Wildman–Crippen LogP) is 5.54. The molecule has 0 saturated carbocycles. The number of nitrogens with one attached hydrogen (secondary N) is 1. The van der Waals surface area contributed by atoms with E-state index in [2.05, 4.69) is 20.6 Å². The average Bonchev–Trinajstić information content (AvgIpc) is 3.49. The average molecular weight is 445 g/mol. The Morgan fingerprint density at radius 3 is 2.35 bits per heavy atom. The van der Waals surface area contributed by atoms with Crippen molar-refractivity contribution in [1.82, 2.24) is 20.0 Å². The zero-order valence-corrected chi connectivity index (χ0v) is 18.1. The van der Waals surface area contributed by atoms with Crippen LogP contribution in [0.5, 0.6) is 0 Å². The third-order valence-electron chi connectivity index (χ3n) is 5.65. The molecule has 7 nitrogen and oxygen atoms in total. The van der Waals surface area contributed by atoms with Gasteiger partial charge in [-0.2, -0.15) is 0 Å². The minimum Gasteiger partial charge on any atom is -0.436 e. The van der Waals surface area contributed by atoms with Crippen molar-refractivity contribution in [2.24, 2.45) is 0 Å². The number of carbonyl (C=O) groups excluding carboxylic acids is 1. The minimum atomic E-state index is -0.174. The summed E-state index contributed by atoms with van der Waals surface area (Å²) in [5, 5.41) is 11.3. The van der Waals surface area contributed by atoms with Crippen molar-refractivity contribution in [3.63, 3.8) is 0 Å². The molecule has 164 valence electrons. The van der Waals surface area contributed by atoms with E-state index in [0.29, 0.717) is 23.7 Å². The Kier molecular flexibility index (Phi) is 4.85. The Bertz CT molecular complexity index is 1580. The Hall–Kier alpha value is -4.78. The molecule has 0 unspecified atom stereocenters. The molecule has 4 aromatic carbocycles. The van der Waals surface area contributed by atoms with Gasteiger partial charge in [-0.15, -0.1) is 5.10 Å². The Morgan fingerprint density at radius 2 is 1.56 bits per heavy atom. The van der Waals surface area contributed by atoms with Gasteiger partial charge in [0.25, 0.3) is 5.91 Å². The van der Waals surface area contributed by atoms with Gasteiger partial charge in [0.1, 0.15) is 11.0 Å². The van der Waals surface area contributed by atoms with Crippen LogP contribution < -0.4 is 5.32 Å². The number of nitrogens with zero attached hydrogens (tertiary/aromatic N) is 4. The standard InChI is InChI=1S/C27H19N5O2/c33-26(19-11-9-18(10-12-19)17-32-24-7-3-1-5-22(24)30-31-32)28-21-15-13-20(14-16-21)27-29-23-6-2-4-8-25(23)34-27/h1-16H,17H2,(H,28,33). The number of hydrogen-bond acceptors (Lipinski definition) is 5. The Morgan fingerprint density at radius 1 is 0.824 bits per heavy atom. The van der Waals surface area contributed by atoms with Gasteiger partial charge in [0.05, 0.1) is 12.1 Å². The molecule has 7 heteroatoms. The fourth-order valence-electron chi connectivity index (χ4n) is 3.86. The molecule has 0 aliphatic heterocycles. The molecule has 2 aromatic heterocycles. The van der Waals surface area contributed by atoms with Gasteiger partial charge in [-0.05, 0) is 66.2 Å². The molecule has 0 spiro atoms. The lowest BCUT2D eigenvalue weighted by molar-refractivity contribution is 0.102. The summed E-state index contributed by atoms with van der Waals surface area (Å²) in [6.45, 7) is 0.583. The van der Waals surface area contributed by atoms with Crippen molar-refractivity contribution in [3.05, 3.63) is 108 Å². The normalized spacial score (nSPS) is 11.2. The first-order valence-corrected chi connectivity index (χ1v) is 10.9. The highest BCUT2D eigenvalue weighted by atomic mass is 16.3. The molecule has 34 heavy (non-hydrogen) atoms. The van der Waals surface area contributed by atoms with Crippen molar-refractivity contribution in [2.45, 2.75) is 6.54 Å². The van der Waals surface area contributed by atoms with Crippen LogP contribution in [-0.4, -0.2) is 25.9 Å². The summed E-state index contributed by atoms with van der Waals surface area (Å²) in [5.74, 6) is 0.377. The molecule has 1 amide bonds. The molecule has 0 fully saturated rings. The second-order valence-corrected chi connectivity index (χ2v) is 7.95. The molecule has 0 aliphatic carbocycles. The molecule has 6 rings (SSSR count). The predicted molar refractivity (Wildman–Crippen MR) is 130 cm³/mol. The molecular weight excluding hydrogens is 426 g/mol. The fraction of sp³-hybridized carbons (Fsp3) is 0.0370. The second-order valence-electron chi connectivity index (χ2n) is 7.95. The highest BCUT2D eigenvalue weighted by molar-refractivity contribution is 6.04. The van der Waals surface area contributed by atoms with E-state index in [9.17, 15) is 4.79 Å². The summed E-state index contributed by atoms with van der Waals surface area (Å²) in [6.07, 6.45) is 0. The quantitative estimate of drug-likeness (QED) is 0.377. The van der Waals surface area contributed by atoms with Crippen molar-refractivity contribution < 1.29 is 9.21 Å². The van der Waals surface area contributed by atoms with Gasteiger partial charge in [-0.25, -0.2) is 9.67 Å². The number of oxazole rings is 1.